The Morgan fingerprint density at radius 1 is 0.875 bits per heavy atom. The van der Waals surface area contributed by atoms with E-state index in [0.29, 0.717) is 49.0 Å². The van der Waals surface area contributed by atoms with E-state index in [-0.39, 0.29) is 18.1 Å². The fourth-order valence-electron chi connectivity index (χ4n) is 4.15. The Kier molecular flexibility index (Phi) is 7.93. The molecule has 5 aromatic rings. The maximum absolute atomic E-state index is 13.4. The molecule has 0 bridgehead atoms. The number of aryl methyl sites for hydroxylation is 1. The van der Waals surface area contributed by atoms with Crippen LogP contribution in [0.5, 0.6) is 0 Å². The molecule has 0 radical (unpaired) electrons. The molecule has 0 atom stereocenters. The summed E-state index contributed by atoms with van der Waals surface area (Å²) in [4.78, 5) is 25.9. The predicted molar refractivity (Wildman–Crippen MR) is 156 cm³/mol. The van der Waals surface area contributed by atoms with Crippen molar-refractivity contribution >= 4 is 52.3 Å². The summed E-state index contributed by atoms with van der Waals surface area (Å²) in [5.41, 5.74) is 4.56. The van der Waals surface area contributed by atoms with Crippen molar-refractivity contribution in [3.63, 3.8) is 0 Å². The van der Waals surface area contributed by atoms with E-state index >= 15 is 0 Å². The molecule has 3 aromatic carbocycles. The molecule has 2 N–H and O–H groups in total. The molecule has 40 heavy (non-hydrogen) atoms. The maximum atomic E-state index is 13.4. The quantitative estimate of drug-likeness (QED) is 0.206. The highest BCUT2D eigenvalue weighted by Gasteiger charge is 2.23. The van der Waals surface area contributed by atoms with Crippen molar-refractivity contribution in [2.75, 3.05) is 5.32 Å². The van der Waals surface area contributed by atoms with E-state index in [1.54, 1.807) is 72.3 Å². The number of aromatic nitrogens is 3. The molecule has 2 heterocycles. The van der Waals surface area contributed by atoms with Gasteiger partial charge in [0, 0.05) is 38.5 Å². The van der Waals surface area contributed by atoms with Gasteiger partial charge in [0.25, 0.3) is 11.8 Å². The lowest BCUT2D eigenvalue weighted by Gasteiger charge is -2.11. The van der Waals surface area contributed by atoms with Crippen molar-refractivity contribution in [1.82, 2.24) is 20.3 Å². The highest BCUT2D eigenvalue weighted by molar-refractivity contribution is 6.35. The van der Waals surface area contributed by atoms with Crippen molar-refractivity contribution in [2.24, 2.45) is 0 Å². The number of amides is 2. The number of benzene rings is 3. The molecule has 5 rings (SSSR count). The van der Waals surface area contributed by atoms with Crippen LogP contribution >= 0.6 is 34.8 Å². The molecular weight excluding hydrogens is 573 g/mol. The number of anilines is 1. The number of carbonyl (C=O) groups is 2. The fourth-order valence-corrected chi connectivity index (χ4v) is 4.76. The van der Waals surface area contributed by atoms with Crippen LogP contribution in [0.25, 0.3) is 16.9 Å². The first-order valence-corrected chi connectivity index (χ1v) is 13.3. The van der Waals surface area contributed by atoms with Crippen molar-refractivity contribution < 1.29 is 14.1 Å². The summed E-state index contributed by atoms with van der Waals surface area (Å²) in [5.74, 6) is -0.147. The molecule has 2 aromatic heterocycles. The zero-order valence-corrected chi connectivity index (χ0v) is 23.6. The van der Waals surface area contributed by atoms with Crippen molar-refractivity contribution in [1.29, 1.82) is 0 Å². The maximum Gasteiger partial charge on any atom is 0.276 e. The lowest BCUT2D eigenvalue weighted by atomic mass is 10.1. The Bertz CT molecular complexity index is 1710. The highest BCUT2D eigenvalue weighted by atomic mass is 35.5. The standard InChI is InChI=1S/C29H22Cl3N5O3/c1-16-13-23(40-36-16)15-33-28(38)19-5-10-22(11-6-19)34-29(39)26-17(2)27(18-3-7-20(30)8-4-18)37(35-26)25-12-9-21(31)14-24(25)32/h3-14H,15H2,1-2H3,(H,33,38)(H,34,39). The Hall–Kier alpha value is -4.11. The van der Waals surface area contributed by atoms with E-state index in [4.69, 9.17) is 39.3 Å². The summed E-state index contributed by atoms with van der Waals surface area (Å²) in [6, 6.07) is 20.6. The molecule has 0 saturated carbocycles. The smallest absolute Gasteiger partial charge is 0.276 e. The zero-order valence-electron chi connectivity index (χ0n) is 21.3. The number of hydrogen-bond donors (Lipinski definition) is 2. The van der Waals surface area contributed by atoms with Crippen LogP contribution in [-0.2, 0) is 6.54 Å². The highest BCUT2D eigenvalue weighted by Crippen LogP contribution is 2.33. The first-order valence-electron chi connectivity index (χ1n) is 12.1. The summed E-state index contributed by atoms with van der Waals surface area (Å²) in [6.07, 6.45) is 0. The van der Waals surface area contributed by atoms with Gasteiger partial charge in [0.05, 0.1) is 28.6 Å². The van der Waals surface area contributed by atoms with Gasteiger partial charge in [-0.25, -0.2) is 4.68 Å². The number of hydrogen-bond acceptors (Lipinski definition) is 5. The Labute approximate surface area is 244 Å². The van der Waals surface area contributed by atoms with Crippen molar-refractivity contribution in [2.45, 2.75) is 20.4 Å². The average molecular weight is 595 g/mol. The summed E-state index contributed by atoms with van der Waals surface area (Å²) in [6.45, 7) is 3.84. The second-order valence-corrected chi connectivity index (χ2v) is 10.3. The van der Waals surface area contributed by atoms with Crippen LogP contribution in [0.4, 0.5) is 5.69 Å². The van der Waals surface area contributed by atoms with Crippen molar-refractivity contribution in [3.8, 4) is 16.9 Å². The minimum atomic E-state index is -0.422. The van der Waals surface area contributed by atoms with E-state index in [1.165, 1.54) is 0 Å². The first kappa shape index (κ1) is 27.5. The van der Waals surface area contributed by atoms with Crippen LogP contribution in [0.2, 0.25) is 15.1 Å². The SMILES string of the molecule is Cc1cc(CNC(=O)c2ccc(NC(=O)c3nn(-c4ccc(Cl)cc4Cl)c(-c4ccc(Cl)cc4)c3C)cc2)on1. The van der Waals surface area contributed by atoms with Gasteiger partial charge in [-0.15, -0.1) is 0 Å². The van der Waals surface area contributed by atoms with Gasteiger partial charge < -0.3 is 15.2 Å². The van der Waals surface area contributed by atoms with E-state index in [0.717, 1.165) is 11.3 Å². The lowest BCUT2D eigenvalue weighted by Crippen LogP contribution is -2.22. The fraction of sp³-hybridized carbons (Fsp3) is 0.103. The van der Waals surface area contributed by atoms with Gasteiger partial charge in [-0.3, -0.25) is 9.59 Å². The average Bonchev–Trinajstić information content (AvgIpc) is 3.50. The number of rotatable bonds is 7. The molecule has 0 fully saturated rings. The van der Waals surface area contributed by atoms with Gasteiger partial charge >= 0.3 is 0 Å². The molecule has 0 spiro atoms. The van der Waals surface area contributed by atoms with Crippen molar-refractivity contribution in [3.05, 3.63) is 116 Å². The zero-order chi connectivity index (χ0) is 28.4. The number of nitrogens with one attached hydrogen (secondary N) is 2. The van der Waals surface area contributed by atoms with Gasteiger partial charge in [0.2, 0.25) is 0 Å². The minimum absolute atomic E-state index is 0.208. The molecule has 8 nitrogen and oxygen atoms in total. The van der Waals surface area contributed by atoms with Crippen LogP contribution in [0.3, 0.4) is 0 Å². The summed E-state index contributed by atoms with van der Waals surface area (Å²) >= 11 is 18.7. The summed E-state index contributed by atoms with van der Waals surface area (Å²) in [5, 5.41) is 15.5. The van der Waals surface area contributed by atoms with Gasteiger partial charge in [-0.1, -0.05) is 52.1 Å². The van der Waals surface area contributed by atoms with Gasteiger partial charge in [-0.05, 0) is 68.4 Å². The van der Waals surface area contributed by atoms with Gasteiger partial charge in [-0.2, -0.15) is 5.10 Å². The second-order valence-electron chi connectivity index (χ2n) is 8.99. The lowest BCUT2D eigenvalue weighted by molar-refractivity contribution is 0.0946. The normalized spacial score (nSPS) is 10.9. The molecule has 0 aliphatic heterocycles. The van der Waals surface area contributed by atoms with E-state index in [2.05, 4.69) is 20.9 Å². The van der Waals surface area contributed by atoms with Crippen LogP contribution in [0.1, 0.15) is 37.9 Å². The van der Waals surface area contributed by atoms with E-state index in [9.17, 15) is 9.59 Å². The molecule has 202 valence electrons. The first-order chi connectivity index (χ1) is 19.2. The monoisotopic (exact) mass is 593 g/mol. The number of carbonyl (C=O) groups excluding carboxylic acids is 2. The van der Waals surface area contributed by atoms with Crippen LogP contribution in [0, 0.1) is 13.8 Å². The molecule has 0 aliphatic rings. The van der Waals surface area contributed by atoms with E-state index in [1.807, 2.05) is 19.1 Å². The largest absolute Gasteiger partial charge is 0.359 e. The molecule has 0 aliphatic carbocycles. The number of nitrogens with zero attached hydrogens (tertiary/aromatic N) is 3. The molecule has 0 saturated heterocycles. The van der Waals surface area contributed by atoms with Crippen LogP contribution in [0.15, 0.2) is 77.3 Å². The minimum Gasteiger partial charge on any atom is -0.359 e. The van der Waals surface area contributed by atoms with E-state index < -0.39 is 5.91 Å². The number of halogens is 3. The molecule has 2 amide bonds. The Morgan fingerprint density at radius 2 is 1.57 bits per heavy atom. The summed E-state index contributed by atoms with van der Waals surface area (Å²) in [7, 11) is 0. The Balaban J connectivity index is 1.39. The molecular formula is C29H22Cl3N5O3. The second kappa shape index (κ2) is 11.6. The van der Waals surface area contributed by atoms with Gasteiger partial charge in [0.1, 0.15) is 0 Å². The van der Waals surface area contributed by atoms with Crippen LogP contribution in [-0.4, -0.2) is 26.8 Å². The Morgan fingerprint density at radius 3 is 2.23 bits per heavy atom. The molecule has 11 heteroatoms. The van der Waals surface area contributed by atoms with Gasteiger partial charge in [0.15, 0.2) is 11.5 Å². The third-order valence-electron chi connectivity index (χ3n) is 6.10. The molecule has 0 unspecified atom stereocenters. The van der Waals surface area contributed by atoms with Crippen LogP contribution < -0.4 is 10.6 Å². The topological polar surface area (TPSA) is 102 Å². The predicted octanol–water partition coefficient (Wildman–Crippen LogP) is 7.29. The third-order valence-corrected chi connectivity index (χ3v) is 6.89. The third kappa shape index (κ3) is 5.89. The summed E-state index contributed by atoms with van der Waals surface area (Å²) < 4.78 is 6.73.